The van der Waals surface area contributed by atoms with E-state index in [1.165, 1.54) is 11.8 Å². The number of thioether (sulfide) groups is 1. The number of nitrogens with one attached hydrogen (secondary N) is 1. The van der Waals surface area contributed by atoms with Gasteiger partial charge in [0, 0.05) is 11.4 Å². The quantitative estimate of drug-likeness (QED) is 0.793. The molecule has 0 radical (unpaired) electrons. The SMILES string of the molecule is CSc1ccc(Cl)c(C(=O)NCCC(C)C(=O)O)c1. The fraction of sp³-hybridized carbons (Fsp3) is 0.385. The first-order chi connectivity index (χ1) is 8.95. The van der Waals surface area contributed by atoms with Gasteiger partial charge in [-0.25, -0.2) is 0 Å². The molecule has 0 saturated carbocycles. The summed E-state index contributed by atoms with van der Waals surface area (Å²) in [6.45, 7) is 1.92. The van der Waals surface area contributed by atoms with Gasteiger partial charge in [0.15, 0.2) is 0 Å². The van der Waals surface area contributed by atoms with Crippen LogP contribution in [0.4, 0.5) is 0 Å². The van der Waals surface area contributed by atoms with Gasteiger partial charge in [-0.2, -0.15) is 0 Å². The molecule has 0 aliphatic rings. The molecular formula is C13H16ClNO3S. The van der Waals surface area contributed by atoms with E-state index in [1.807, 2.05) is 12.3 Å². The maximum Gasteiger partial charge on any atom is 0.306 e. The molecule has 0 heterocycles. The molecule has 1 unspecified atom stereocenters. The first kappa shape index (κ1) is 15.9. The Balaban J connectivity index is 2.61. The van der Waals surface area contributed by atoms with Gasteiger partial charge in [0.2, 0.25) is 0 Å². The first-order valence-corrected chi connectivity index (χ1v) is 7.40. The second-order valence-electron chi connectivity index (χ2n) is 4.13. The van der Waals surface area contributed by atoms with Crippen LogP contribution in [0.25, 0.3) is 0 Å². The van der Waals surface area contributed by atoms with E-state index in [0.717, 1.165) is 4.90 Å². The van der Waals surface area contributed by atoms with Crippen LogP contribution >= 0.6 is 23.4 Å². The lowest BCUT2D eigenvalue weighted by molar-refractivity contribution is -0.141. The van der Waals surface area contributed by atoms with Gasteiger partial charge in [0.05, 0.1) is 16.5 Å². The fourth-order valence-corrected chi connectivity index (χ4v) is 2.07. The highest BCUT2D eigenvalue weighted by Gasteiger charge is 2.13. The van der Waals surface area contributed by atoms with Crippen molar-refractivity contribution < 1.29 is 14.7 Å². The van der Waals surface area contributed by atoms with E-state index in [2.05, 4.69) is 5.32 Å². The summed E-state index contributed by atoms with van der Waals surface area (Å²) in [4.78, 5) is 23.5. The average molecular weight is 302 g/mol. The second-order valence-corrected chi connectivity index (χ2v) is 5.42. The Morgan fingerprint density at radius 2 is 2.16 bits per heavy atom. The number of benzene rings is 1. The van der Waals surface area contributed by atoms with Gasteiger partial charge in [-0.05, 0) is 30.9 Å². The fourth-order valence-electron chi connectivity index (χ4n) is 1.43. The van der Waals surface area contributed by atoms with Crippen LogP contribution in [-0.4, -0.2) is 29.8 Å². The van der Waals surface area contributed by atoms with Crippen molar-refractivity contribution >= 4 is 35.2 Å². The molecule has 0 aliphatic heterocycles. The summed E-state index contributed by atoms with van der Waals surface area (Å²) in [6, 6.07) is 5.25. The molecule has 1 aromatic rings. The van der Waals surface area contributed by atoms with Crippen LogP contribution in [-0.2, 0) is 4.79 Å². The van der Waals surface area contributed by atoms with Gasteiger partial charge in [-0.15, -0.1) is 11.8 Å². The molecule has 1 aromatic carbocycles. The molecule has 0 aromatic heterocycles. The number of carbonyl (C=O) groups excluding carboxylic acids is 1. The molecule has 6 heteroatoms. The number of amides is 1. The zero-order chi connectivity index (χ0) is 14.4. The molecule has 2 N–H and O–H groups in total. The minimum atomic E-state index is -0.864. The van der Waals surface area contributed by atoms with E-state index in [4.69, 9.17) is 16.7 Å². The number of aliphatic carboxylic acids is 1. The maximum atomic E-state index is 11.9. The molecule has 1 amide bonds. The highest BCUT2D eigenvalue weighted by molar-refractivity contribution is 7.98. The Morgan fingerprint density at radius 3 is 2.74 bits per heavy atom. The molecule has 0 aliphatic carbocycles. The van der Waals surface area contributed by atoms with Crippen LogP contribution in [0.5, 0.6) is 0 Å². The molecule has 1 atom stereocenters. The zero-order valence-corrected chi connectivity index (χ0v) is 12.3. The van der Waals surface area contributed by atoms with Crippen molar-refractivity contribution in [2.75, 3.05) is 12.8 Å². The smallest absolute Gasteiger partial charge is 0.306 e. The van der Waals surface area contributed by atoms with Crippen molar-refractivity contribution in [1.82, 2.24) is 5.32 Å². The predicted molar refractivity (Wildman–Crippen MR) is 77.0 cm³/mol. The Kier molecular flexibility index (Phi) is 6.18. The molecule has 0 bridgehead atoms. The summed E-state index contributed by atoms with van der Waals surface area (Å²) in [6.07, 6.45) is 2.31. The Morgan fingerprint density at radius 1 is 1.47 bits per heavy atom. The molecule has 1 rings (SSSR count). The standard InChI is InChI=1S/C13H16ClNO3S/c1-8(13(17)18)5-6-15-12(16)10-7-9(19-2)3-4-11(10)14/h3-4,7-8H,5-6H2,1-2H3,(H,15,16)(H,17,18). The number of carboxylic acid groups (broad SMARTS) is 1. The van der Waals surface area contributed by atoms with Crippen molar-refractivity contribution in [2.24, 2.45) is 5.92 Å². The molecule has 0 fully saturated rings. The Bertz CT molecular complexity index is 479. The van der Waals surface area contributed by atoms with Crippen molar-refractivity contribution in [1.29, 1.82) is 0 Å². The van der Waals surface area contributed by atoms with Crippen molar-refractivity contribution in [3.8, 4) is 0 Å². The zero-order valence-electron chi connectivity index (χ0n) is 10.8. The molecule has 19 heavy (non-hydrogen) atoms. The number of hydrogen-bond donors (Lipinski definition) is 2. The average Bonchev–Trinajstić information content (AvgIpc) is 2.38. The number of rotatable bonds is 6. The van der Waals surface area contributed by atoms with Gasteiger partial charge in [-0.1, -0.05) is 18.5 Å². The van der Waals surface area contributed by atoms with Gasteiger partial charge in [0.1, 0.15) is 0 Å². The largest absolute Gasteiger partial charge is 0.481 e. The van der Waals surface area contributed by atoms with Crippen LogP contribution in [0, 0.1) is 5.92 Å². The Hall–Kier alpha value is -1.20. The second kappa shape index (κ2) is 7.40. The van der Waals surface area contributed by atoms with E-state index in [0.29, 0.717) is 23.6 Å². The van der Waals surface area contributed by atoms with Crippen LogP contribution in [0.3, 0.4) is 0 Å². The van der Waals surface area contributed by atoms with Crippen molar-refractivity contribution in [3.05, 3.63) is 28.8 Å². The lowest BCUT2D eigenvalue weighted by atomic mass is 10.1. The van der Waals surface area contributed by atoms with Crippen LogP contribution < -0.4 is 5.32 Å². The number of halogens is 1. The summed E-state index contributed by atoms with van der Waals surface area (Å²) in [5, 5.41) is 11.8. The maximum absolute atomic E-state index is 11.9. The summed E-state index contributed by atoms with van der Waals surface area (Å²) >= 11 is 7.50. The van der Waals surface area contributed by atoms with Crippen molar-refractivity contribution in [2.45, 2.75) is 18.2 Å². The van der Waals surface area contributed by atoms with Crippen LogP contribution in [0.15, 0.2) is 23.1 Å². The number of carboxylic acids is 1. The summed E-state index contributed by atoms with van der Waals surface area (Å²) < 4.78 is 0. The van der Waals surface area contributed by atoms with Gasteiger partial charge in [-0.3, -0.25) is 9.59 Å². The molecule has 104 valence electrons. The van der Waals surface area contributed by atoms with Crippen LogP contribution in [0.1, 0.15) is 23.7 Å². The minimum absolute atomic E-state index is 0.279. The number of hydrogen-bond acceptors (Lipinski definition) is 3. The highest BCUT2D eigenvalue weighted by Crippen LogP contribution is 2.22. The van der Waals surface area contributed by atoms with E-state index < -0.39 is 11.9 Å². The lowest BCUT2D eigenvalue weighted by Gasteiger charge is -2.09. The topological polar surface area (TPSA) is 66.4 Å². The minimum Gasteiger partial charge on any atom is -0.481 e. The monoisotopic (exact) mass is 301 g/mol. The van der Waals surface area contributed by atoms with Gasteiger partial charge in [0.25, 0.3) is 5.91 Å². The normalized spacial score (nSPS) is 11.9. The van der Waals surface area contributed by atoms with Gasteiger partial charge < -0.3 is 10.4 Å². The third-order valence-electron chi connectivity index (χ3n) is 2.70. The first-order valence-electron chi connectivity index (χ1n) is 5.80. The summed E-state index contributed by atoms with van der Waals surface area (Å²) in [5.41, 5.74) is 0.413. The van der Waals surface area contributed by atoms with E-state index in [-0.39, 0.29) is 5.91 Å². The molecule has 0 saturated heterocycles. The van der Waals surface area contributed by atoms with E-state index >= 15 is 0 Å². The molecule has 4 nitrogen and oxygen atoms in total. The third-order valence-corrected chi connectivity index (χ3v) is 3.76. The number of carbonyl (C=O) groups is 2. The summed E-state index contributed by atoms with van der Waals surface area (Å²) in [5.74, 6) is -1.62. The van der Waals surface area contributed by atoms with Crippen LogP contribution in [0.2, 0.25) is 5.02 Å². The van der Waals surface area contributed by atoms with Gasteiger partial charge >= 0.3 is 5.97 Å². The predicted octanol–water partition coefficient (Wildman–Crippen LogP) is 2.90. The highest BCUT2D eigenvalue weighted by atomic mass is 35.5. The summed E-state index contributed by atoms with van der Waals surface area (Å²) in [7, 11) is 0. The third kappa shape index (κ3) is 4.76. The van der Waals surface area contributed by atoms with E-state index in [9.17, 15) is 9.59 Å². The van der Waals surface area contributed by atoms with E-state index in [1.54, 1.807) is 19.1 Å². The van der Waals surface area contributed by atoms with Crippen molar-refractivity contribution in [3.63, 3.8) is 0 Å². The molecular weight excluding hydrogens is 286 g/mol. The lowest BCUT2D eigenvalue weighted by Crippen LogP contribution is -2.27. The molecule has 0 spiro atoms. The Labute approximate surface area is 121 Å².